The van der Waals surface area contributed by atoms with E-state index < -0.39 is 9.84 Å². The monoisotopic (exact) mass is 424 g/mol. The van der Waals surface area contributed by atoms with Crippen LogP contribution in [0.3, 0.4) is 0 Å². The molecule has 0 aliphatic heterocycles. The lowest BCUT2D eigenvalue weighted by atomic mass is 10.1. The highest BCUT2D eigenvalue weighted by molar-refractivity contribution is 7.91. The second kappa shape index (κ2) is 8.03. The third kappa shape index (κ3) is 3.92. The third-order valence-electron chi connectivity index (χ3n) is 4.61. The number of aromatic amines is 1. The number of hydrogen-bond donors (Lipinski definition) is 2. The van der Waals surface area contributed by atoms with Crippen LogP contribution in [0.25, 0.3) is 22.6 Å². The average Bonchev–Trinajstić information content (AvgIpc) is 3.46. The molecule has 9 heteroatoms. The summed E-state index contributed by atoms with van der Waals surface area (Å²) in [6, 6.07) is 12.6. The standard InChI is InChI=1S/C21H20N4O4S/c1-3-30(26,27)16-7-8-19(28-2)17(10-16)25-21-23-12-20(29-21)15-6-4-5-14(9-15)18-11-22-13-24-18/h4-13H,3H2,1-2H3,(H,22,24)(H,23,25). The van der Waals surface area contributed by atoms with E-state index in [1.807, 2.05) is 24.3 Å². The molecule has 30 heavy (non-hydrogen) atoms. The van der Waals surface area contributed by atoms with Gasteiger partial charge in [0.15, 0.2) is 15.6 Å². The summed E-state index contributed by atoms with van der Waals surface area (Å²) in [5.74, 6) is 1.05. The number of sulfone groups is 1. The average molecular weight is 424 g/mol. The van der Waals surface area contributed by atoms with E-state index in [0.29, 0.717) is 17.2 Å². The fourth-order valence-electron chi connectivity index (χ4n) is 2.98. The van der Waals surface area contributed by atoms with Crippen molar-refractivity contribution in [2.75, 3.05) is 18.2 Å². The maximum atomic E-state index is 12.2. The molecule has 4 aromatic rings. The molecule has 0 saturated carbocycles. The van der Waals surface area contributed by atoms with E-state index in [1.54, 1.807) is 31.7 Å². The minimum Gasteiger partial charge on any atom is -0.495 e. The first kappa shape index (κ1) is 19.7. The zero-order chi connectivity index (χ0) is 21.1. The van der Waals surface area contributed by atoms with Gasteiger partial charge in [0, 0.05) is 11.1 Å². The van der Waals surface area contributed by atoms with Gasteiger partial charge in [0.05, 0.1) is 47.9 Å². The molecule has 2 heterocycles. The SMILES string of the molecule is CCS(=O)(=O)c1ccc(OC)c(Nc2ncc(-c3cccc(-c4cnc[nH]4)c3)o2)c1. The number of H-pyrrole nitrogens is 1. The molecule has 0 unspecified atom stereocenters. The van der Waals surface area contributed by atoms with Gasteiger partial charge in [-0.25, -0.2) is 18.4 Å². The lowest BCUT2D eigenvalue weighted by Gasteiger charge is -2.11. The van der Waals surface area contributed by atoms with E-state index >= 15 is 0 Å². The van der Waals surface area contributed by atoms with Gasteiger partial charge in [-0.2, -0.15) is 0 Å². The number of aromatic nitrogens is 3. The van der Waals surface area contributed by atoms with Gasteiger partial charge in [-0.15, -0.1) is 0 Å². The van der Waals surface area contributed by atoms with Crippen molar-refractivity contribution in [3.63, 3.8) is 0 Å². The first-order valence-corrected chi connectivity index (χ1v) is 10.9. The van der Waals surface area contributed by atoms with Gasteiger partial charge in [-0.3, -0.25) is 0 Å². The lowest BCUT2D eigenvalue weighted by Crippen LogP contribution is -2.05. The van der Waals surface area contributed by atoms with Crippen molar-refractivity contribution in [3.8, 4) is 28.3 Å². The van der Waals surface area contributed by atoms with Crippen molar-refractivity contribution in [1.29, 1.82) is 0 Å². The maximum Gasteiger partial charge on any atom is 0.299 e. The highest BCUT2D eigenvalue weighted by Gasteiger charge is 2.16. The molecule has 0 fully saturated rings. The summed E-state index contributed by atoms with van der Waals surface area (Å²) in [6.45, 7) is 1.60. The minimum atomic E-state index is -3.36. The summed E-state index contributed by atoms with van der Waals surface area (Å²) in [6.07, 6.45) is 4.97. The van der Waals surface area contributed by atoms with Crippen molar-refractivity contribution in [1.82, 2.24) is 15.0 Å². The maximum absolute atomic E-state index is 12.2. The Kier molecular flexibility index (Phi) is 5.28. The Morgan fingerprint density at radius 1 is 1.13 bits per heavy atom. The smallest absolute Gasteiger partial charge is 0.299 e. The number of benzene rings is 2. The number of oxazole rings is 1. The molecule has 0 aliphatic rings. The van der Waals surface area contributed by atoms with Crippen molar-refractivity contribution in [2.24, 2.45) is 0 Å². The number of nitrogens with zero attached hydrogens (tertiary/aromatic N) is 2. The van der Waals surface area contributed by atoms with Gasteiger partial charge < -0.3 is 19.5 Å². The van der Waals surface area contributed by atoms with Gasteiger partial charge in [0.1, 0.15) is 5.75 Å². The Bertz CT molecular complexity index is 1260. The summed E-state index contributed by atoms with van der Waals surface area (Å²) in [4.78, 5) is 11.6. The summed E-state index contributed by atoms with van der Waals surface area (Å²) < 4.78 is 35.6. The molecule has 0 radical (unpaired) electrons. The fourth-order valence-corrected chi connectivity index (χ4v) is 3.89. The van der Waals surface area contributed by atoms with Crippen LogP contribution in [0.2, 0.25) is 0 Å². The topological polar surface area (TPSA) is 110 Å². The van der Waals surface area contributed by atoms with Crippen molar-refractivity contribution in [2.45, 2.75) is 11.8 Å². The first-order chi connectivity index (χ1) is 14.5. The highest BCUT2D eigenvalue weighted by Crippen LogP contribution is 2.32. The molecule has 0 amide bonds. The van der Waals surface area contributed by atoms with Crippen molar-refractivity contribution >= 4 is 21.5 Å². The van der Waals surface area contributed by atoms with Crippen LogP contribution in [0.4, 0.5) is 11.7 Å². The molecule has 8 nitrogen and oxygen atoms in total. The fraction of sp³-hybridized carbons (Fsp3) is 0.143. The number of ether oxygens (including phenoxy) is 1. The van der Waals surface area contributed by atoms with Crippen LogP contribution in [0.5, 0.6) is 5.75 Å². The molecule has 4 rings (SSSR count). The Balaban J connectivity index is 1.63. The zero-order valence-corrected chi connectivity index (χ0v) is 17.2. The van der Waals surface area contributed by atoms with E-state index in [1.165, 1.54) is 19.2 Å². The van der Waals surface area contributed by atoms with Crippen molar-refractivity contribution in [3.05, 3.63) is 61.2 Å². The predicted octanol–water partition coefficient (Wildman–Crippen LogP) is 4.28. The third-order valence-corrected chi connectivity index (χ3v) is 6.35. The largest absolute Gasteiger partial charge is 0.495 e. The summed E-state index contributed by atoms with van der Waals surface area (Å²) in [5.41, 5.74) is 3.16. The van der Waals surface area contributed by atoms with E-state index in [0.717, 1.165) is 16.8 Å². The lowest BCUT2D eigenvalue weighted by molar-refractivity contribution is 0.416. The molecule has 0 aliphatic carbocycles. The summed E-state index contributed by atoms with van der Waals surface area (Å²) in [5, 5.41) is 3.01. The Labute approximate surface area is 173 Å². The Morgan fingerprint density at radius 3 is 2.70 bits per heavy atom. The molecular weight excluding hydrogens is 404 g/mol. The number of imidazole rings is 1. The molecule has 0 bridgehead atoms. The van der Waals surface area contributed by atoms with Gasteiger partial charge in [-0.1, -0.05) is 25.1 Å². The number of methoxy groups -OCH3 is 1. The normalized spacial score (nSPS) is 11.4. The minimum absolute atomic E-state index is 0.00852. The van der Waals surface area contributed by atoms with Crippen molar-refractivity contribution < 1.29 is 17.6 Å². The van der Waals surface area contributed by atoms with E-state index in [2.05, 4.69) is 20.3 Å². The molecule has 2 aromatic heterocycles. The molecule has 0 atom stereocenters. The quantitative estimate of drug-likeness (QED) is 0.456. The van der Waals surface area contributed by atoms with E-state index in [-0.39, 0.29) is 16.7 Å². The van der Waals surface area contributed by atoms with Crippen LogP contribution in [0.1, 0.15) is 6.92 Å². The molecule has 2 N–H and O–H groups in total. The number of nitrogens with one attached hydrogen (secondary N) is 2. The zero-order valence-electron chi connectivity index (χ0n) is 16.4. The van der Waals surface area contributed by atoms with Gasteiger partial charge >= 0.3 is 0 Å². The summed E-state index contributed by atoms with van der Waals surface area (Å²) in [7, 11) is -1.85. The molecule has 0 saturated heterocycles. The molecule has 154 valence electrons. The van der Waals surface area contributed by atoms with Crippen LogP contribution in [0, 0.1) is 0 Å². The van der Waals surface area contributed by atoms with Gasteiger partial charge in [0.2, 0.25) is 0 Å². The second-order valence-electron chi connectivity index (χ2n) is 6.47. The number of anilines is 2. The van der Waals surface area contributed by atoms with E-state index in [4.69, 9.17) is 9.15 Å². The number of rotatable bonds is 7. The number of hydrogen-bond acceptors (Lipinski definition) is 7. The first-order valence-electron chi connectivity index (χ1n) is 9.23. The van der Waals surface area contributed by atoms with Crippen LogP contribution >= 0.6 is 0 Å². The Hall–Kier alpha value is -3.59. The van der Waals surface area contributed by atoms with Gasteiger partial charge in [-0.05, 0) is 24.3 Å². The van der Waals surface area contributed by atoms with Gasteiger partial charge in [0.25, 0.3) is 6.01 Å². The van der Waals surface area contributed by atoms with E-state index in [9.17, 15) is 8.42 Å². The van der Waals surface area contributed by atoms with Crippen LogP contribution < -0.4 is 10.1 Å². The molecule has 0 spiro atoms. The Morgan fingerprint density at radius 2 is 1.97 bits per heavy atom. The predicted molar refractivity (Wildman–Crippen MR) is 114 cm³/mol. The van der Waals surface area contributed by atoms with Crippen LogP contribution in [-0.2, 0) is 9.84 Å². The summed E-state index contributed by atoms with van der Waals surface area (Å²) >= 11 is 0. The molecular formula is C21H20N4O4S. The second-order valence-corrected chi connectivity index (χ2v) is 8.74. The van der Waals surface area contributed by atoms with Crippen LogP contribution in [-0.4, -0.2) is 36.2 Å². The van der Waals surface area contributed by atoms with Crippen LogP contribution in [0.15, 0.2) is 70.5 Å². The highest BCUT2D eigenvalue weighted by atomic mass is 32.2. The molecule has 2 aromatic carbocycles.